The van der Waals surface area contributed by atoms with Crippen LogP contribution in [0.15, 0.2) is 29.1 Å². The number of carbonyl (C=O) groups is 1. The van der Waals surface area contributed by atoms with Gasteiger partial charge >= 0.3 is 0 Å². The molecule has 0 spiro atoms. The van der Waals surface area contributed by atoms with Crippen molar-refractivity contribution >= 4 is 16.8 Å². The van der Waals surface area contributed by atoms with E-state index in [0.29, 0.717) is 42.8 Å². The average Bonchev–Trinajstić information content (AvgIpc) is 2.65. The number of hydrogen-bond acceptors (Lipinski definition) is 4. The van der Waals surface area contributed by atoms with E-state index >= 15 is 0 Å². The number of hydrogen-bond donors (Lipinski definition) is 0. The number of para-hydroxylation sites is 1. The Morgan fingerprint density at radius 1 is 1.27 bits per heavy atom. The first-order chi connectivity index (χ1) is 12.5. The lowest BCUT2D eigenvalue weighted by atomic mass is 10.1. The lowest BCUT2D eigenvalue weighted by Crippen LogP contribution is -2.38. The van der Waals surface area contributed by atoms with Crippen LogP contribution < -0.4 is 5.56 Å². The monoisotopic (exact) mass is 359 g/mol. The molecule has 1 unspecified atom stereocenters. The molecule has 0 saturated carbocycles. The predicted molar refractivity (Wildman–Crippen MR) is 103 cm³/mol. The first-order valence-corrected chi connectivity index (χ1v) is 9.33. The Kier molecular flexibility index (Phi) is 7.33. The number of ether oxygens (including phenoxy) is 1. The van der Waals surface area contributed by atoms with Gasteiger partial charge in [-0.25, -0.2) is 4.98 Å². The third-order valence-corrected chi connectivity index (χ3v) is 4.50. The van der Waals surface area contributed by atoms with Crippen LogP contribution in [0.1, 0.15) is 51.9 Å². The summed E-state index contributed by atoms with van der Waals surface area (Å²) in [7, 11) is 1.61. The van der Waals surface area contributed by atoms with Crippen LogP contribution in [0.2, 0.25) is 0 Å². The molecule has 1 aromatic heterocycles. The zero-order valence-electron chi connectivity index (χ0n) is 16.2. The van der Waals surface area contributed by atoms with E-state index in [0.717, 1.165) is 12.8 Å². The maximum absolute atomic E-state index is 13.0. The van der Waals surface area contributed by atoms with Crippen molar-refractivity contribution in [2.24, 2.45) is 0 Å². The van der Waals surface area contributed by atoms with Crippen molar-refractivity contribution in [2.75, 3.05) is 20.3 Å². The van der Waals surface area contributed by atoms with Crippen molar-refractivity contribution in [1.82, 2.24) is 14.5 Å². The van der Waals surface area contributed by atoms with Crippen molar-refractivity contribution in [3.8, 4) is 0 Å². The molecule has 1 atom stereocenters. The van der Waals surface area contributed by atoms with Gasteiger partial charge in [-0.15, -0.1) is 0 Å². The molecule has 6 nitrogen and oxygen atoms in total. The fraction of sp³-hybridized carbons (Fsp3) is 0.550. The second-order valence-corrected chi connectivity index (χ2v) is 6.45. The minimum atomic E-state index is -0.275. The SMILES string of the molecule is CCCC(=O)N(CCC)C(C)c1nc2ccccc2c(=O)n1CCOC. The zero-order valence-corrected chi connectivity index (χ0v) is 16.2. The van der Waals surface area contributed by atoms with Gasteiger partial charge in [0.05, 0.1) is 30.1 Å². The highest BCUT2D eigenvalue weighted by molar-refractivity contribution is 5.78. The highest BCUT2D eigenvalue weighted by Crippen LogP contribution is 2.21. The Bertz CT molecular complexity index is 800. The lowest BCUT2D eigenvalue weighted by Gasteiger charge is -2.30. The van der Waals surface area contributed by atoms with Crippen LogP contribution in [-0.4, -0.2) is 40.6 Å². The fourth-order valence-electron chi connectivity index (χ4n) is 3.17. The van der Waals surface area contributed by atoms with Crippen molar-refractivity contribution in [1.29, 1.82) is 0 Å². The van der Waals surface area contributed by atoms with Crippen LogP contribution >= 0.6 is 0 Å². The summed E-state index contributed by atoms with van der Waals surface area (Å²) >= 11 is 0. The fourth-order valence-corrected chi connectivity index (χ4v) is 3.17. The van der Waals surface area contributed by atoms with Gasteiger partial charge in [0.2, 0.25) is 5.91 Å². The smallest absolute Gasteiger partial charge is 0.261 e. The van der Waals surface area contributed by atoms with Gasteiger partial charge in [-0.2, -0.15) is 0 Å². The number of rotatable bonds is 9. The van der Waals surface area contributed by atoms with E-state index in [1.165, 1.54) is 0 Å². The molecular formula is C20H29N3O3. The molecule has 0 bridgehead atoms. The number of fused-ring (bicyclic) bond motifs is 1. The molecule has 2 rings (SSSR count). The second kappa shape index (κ2) is 9.48. The molecule has 142 valence electrons. The molecule has 0 aliphatic carbocycles. The van der Waals surface area contributed by atoms with Gasteiger partial charge in [0.15, 0.2) is 0 Å². The highest BCUT2D eigenvalue weighted by atomic mass is 16.5. The topological polar surface area (TPSA) is 64.4 Å². The van der Waals surface area contributed by atoms with E-state index in [1.807, 2.05) is 43.9 Å². The molecule has 0 saturated heterocycles. The van der Waals surface area contributed by atoms with E-state index in [4.69, 9.17) is 9.72 Å². The lowest BCUT2D eigenvalue weighted by molar-refractivity contribution is -0.133. The van der Waals surface area contributed by atoms with Gasteiger partial charge < -0.3 is 9.64 Å². The molecule has 1 amide bonds. The van der Waals surface area contributed by atoms with Gasteiger partial charge in [0.1, 0.15) is 5.82 Å². The van der Waals surface area contributed by atoms with Crippen LogP contribution in [-0.2, 0) is 16.1 Å². The number of nitrogens with zero attached hydrogens (tertiary/aromatic N) is 3. The van der Waals surface area contributed by atoms with Crippen LogP contribution in [0.4, 0.5) is 0 Å². The molecule has 2 aromatic rings. The number of carbonyl (C=O) groups excluding carboxylic acids is 1. The van der Waals surface area contributed by atoms with Crippen molar-refractivity contribution in [3.05, 3.63) is 40.4 Å². The molecule has 0 radical (unpaired) electrons. The van der Waals surface area contributed by atoms with Gasteiger partial charge in [-0.05, 0) is 31.9 Å². The number of aromatic nitrogens is 2. The summed E-state index contributed by atoms with van der Waals surface area (Å²) in [5.41, 5.74) is 0.571. The largest absolute Gasteiger partial charge is 0.383 e. The first-order valence-electron chi connectivity index (χ1n) is 9.33. The minimum Gasteiger partial charge on any atom is -0.383 e. The Morgan fingerprint density at radius 2 is 2.00 bits per heavy atom. The summed E-state index contributed by atoms with van der Waals surface area (Å²) in [6, 6.07) is 7.06. The van der Waals surface area contributed by atoms with E-state index in [1.54, 1.807) is 17.7 Å². The summed E-state index contributed by atoms with van der Waals surface area (Å²) in [6.45, 7) is 7.46. The molecule has 1 heterocycles. The van der Waals surface area contributed by atoms with Gasteiger partial charge in [0.25, 0.3) is 5.56 Å². The third kappa shape index (κ3) is 4.30. The Balaban J connectivity index is 2.56. The Morgan fingerprint density at radius 3 is 2.65 bits per heavy atom. The number of benzene rings is 1. The first kappa shape index (κ1) is 20.1. The molecular weight excluding hydrogens is 330 g/mol. The van der Waals surface area contributed by atoms with Crippen LogP contribution in [0, 0.1) is 0 Å². The Hall–Kier alpha value is -2.21. The third-order valence-electron chi connectivity index (χ3n) is 4.50. The molecule has 26 heavy (non-hydrogen) atoms. The van der Waals surface area contributed by atoms with Crippen molar-refractivity contribution in [3.63, 3.8) is 0 Å². The Labute approximate surface area is 154 Å². The average molecular weight is 359 g/mol. The van der Waals surface area contributed by atoms with E-state index in [2.05, 4.69) is 0 Å². The molecule has 0 fully saturated rings. The standard InChI is InChI=1S/C20H29N3O3/c1-5-9-18(24)22(12-6-2)15(3)19-21-17-11-8-7-10-16(17)20(25)23(19)13-14-26-4/h7-8,10-11,15H,5-6,9,12-14H2,1-4H3. The normalized spacial score (nSPS) is 12.3. The molecule has 0 aliphatic rings. The van der Waals surface area contributed by atoms with E-state index < -0.39 is 0 Å². The van der Waals surface area contributed by atoms with E-state index in [-0.39, 0.29) is 17.5 Å². The van der Waals surface area contributed by atoms with Crippen LogP contribution in [0.3, 0.4) is 0 Å². The molecule has 0 N–H and O–H groups in total. The van der Waals surface area contributed by atoms with Crippen molar-refractivity contribution < 1.29 is 9.53 Å². The van der Waals surface area contributed by atoms with Gasteiger partial charge in [-0.3, -0.25) is 14.2 Å². The van der Waals surface area contributed by atoms with Crippen molar-refractivity contribution in [2.45, 2.75) is 52.6 Å². The summed E-state index contributed by atoms with van der Waals surface area (Å²) < 4.78 is 6.82. The van der Waals surface area contributed by atoms with Gasteiger partial charge in [0, 0.05) is 20.1 Å². The quantitative estimate of drug-likeness (QED) is 0.690. The summed E-state index contributed by atoms with van der Waals surface area (Å²) in [6.07, 6.45) is 2.16. The maximum atomic E-state index is 13.0. The van der Waals surface area contributed by atoms with Crippen LogP contribution in [0.25, 0.3) is 10.9 Å². The van der Waals surface area contributed by atoms with Gasteiger partial charge in [-0.1, -0.05) is 26.0 Å². The minimum absolute atomic E-state index is 0.0890. The van der Waals surface area contributed by atoms with Crippen LogP contribution in [0.5, 0.6) is 0 Å². The zero-order chi connectivity index (χ0) is 19.1. The van der Waals surface area contributed by atoms with E-state index in [9.17, 15) is 9.59 Å². The number of methoxy groups -OCH3 is 1. The predicted octanol–water partition coefficient (Wildman–Crippen LogP) is 3.14. The molecule has 6 heteroatoms. The number of amides is 1. The summed E-state index contributed by atoms with van der Waals surface area (Å²) in [4.78, 5) is 32.2. The maximum Gasteiger partial charge on any atom is 0.261 e. The highest BCUT2D eigenvalue weighted by Gasteiger charge is 2.25. The summed E-state index contributed by atoms with van der Waals surface area (Å²) in [5, 5.41) is 0.585. The molecule has 1 aromatic carbocycles. The summed E-state index contributed by atoms with van der Waals surface area (Å²) in [5.74, 6) is 0.714. The second-order valence-electron chi connectivity index (χ2n) is 6.45. The molecule has 0 aliphatic heterocycles.